The molecule has 246 valence electrons. The van der Waals surface area contributed by atoms with Gasteiger partial charge in [0.15, 0.2) is 0 Å². The van der Waals surface area contributed by atoms with E-state index in [1.54, 1.807) is 0 Å². The summed E-state index contributed by atoms with van der Waals surface area (Å²) in [7, 11) is 0. The van der Waals surface area contributed by atoms with Crippen LogP contribution in [0.2, 0.25) is 0 Å². The van der Waals surface area contributed by atoms with Crippen molar-refractivity contribution in [3.8, 4) is 33.8 Å². The van der Waals surface area contributed by atoms with Crippen molar-refractivity contribution in [2.75, 3.05) is 4.90 Å². The Kier molecular flexibility index (Phi) is 7.14. The van der Waals surface area contributed by atoms with E-state index >= 15 is 0 Å². The molecule has 2 nitrogen and oxygen atoms in total. The molecular formula is C50H35NO. The molecule has 0 amide bonds. The molecule has 10 rings (SSSR count). The van der Waals surface area contributed by atoms with Gasteiger partial charge < -0.3 is 9.64 Å². The number of hydrogen-bond donors (Lipinski definition) is 0. The highest BCUT2D eigenvalue weighted by Gasteiger charge is 2.51. The first-order valence-electron chi connectivity index (χ1n) is 18.0. The predicted molar refractivity (Wildman–Crippen MR) is 214 cm³/mol. The van der Waals surface area contributed by atoms with Gasteiger partial charge in [0.1, 0.15) is 11.5 Å². The minimum Gasteiger partial charge on any atom is -0.457 e. The van der Waals surface area contributed by atoms with Crippen molar-refractivity contribution >= 4 is 16.9 Å². The van der Waals surface area contributed by atoms with Crippen LogP contribution in [0.1, 0.15) is 34.2 Å². The second-order valence-corrected chi connectivity index (χ2v) is 13.6. The van der Waals surface area contributed by atoms with Crippen LogP contribution < -0.4 is 9.64 Å². The summed E-state index contributed by atoms with van der Waals surface area (Å²) in [5, 5.41) is 0. The number of fused-ring (bicyclic) bond motifs is 9. The predicted octanol–water partition coefficient (Wildman–Crippen LogP) is 12.9. The molecule has 1 spiro atoms. The quantitative estimate of drug-likeness (QED) is 0.181. The van der Waals surface area contributed by atoms with Crippen molar-refractivity contribution in [3.63, 3.8) is 0 Å². The maximum absolute atomic E-state index is 6.61. The van der Waals surface area contributed by atoms with E-state index in [9.17, 15) is 0 Å². The monoisotopic (exact) mass is 665 g/mol. The van der Waals surface area contributed by atoms with Gasteiger partial charge in [-0.2, -0.15) is 0 Å². The first kappa shape index (κ1) is 30.2. The normalized spacial score (nSPS) is 14.5. The van der Waals surface area contributed by atoms with Gasteiger partial charge in [0.2, 0.25) is 0 Å². The Morgan fingerprint density at radius 1 is 0.442 bits per heavy atom. The maximum Gasteiger partial charge on any atom is 0.132 e. The standard InChI is InChI=1S/C50H35NO/c1-3-15-35(16-4-1)37-19-13-20-39(32-29-37)51(40-33-30-38(31-34-40)36-17-5-2-6-18-36)46-26-14-25-45-49(46)41-21-7-8-22-42(41)50(45)43-23-9-11-27-47(43)52-48-28-12-10-24-44(48)50/h1-12,14-34H,13H2. The van der Waals surface area contributed by atoms with Crippen LogP contribution in [-0.4, -0.2) is 0 Å². The SMILES string of the molecule is C1=CC(N(c2ccc(-c3ccccc3)cc2)c2cccc3c2-c2ccccc2C32c3ccccc3Oc3ccccc32)=CCC=C1c1ccccc1. The van der Waals surface area contributed by atoms with Crippen LogP contribution in [-0.2, 0) is 5.41 Å². The Hall–Kier alpha value is -6.64. The van der Waals surface area contributed by atoms with Gasteiger partial charge in [-0.25, -0.2) is 0 Å². The third-order valence-electron chi connectivity index (χ3n) is 10.8. The molecule has 7 aromatic carbocycles. The summed E-state index contributed by atoms with van der Waals surface area (Å²) in [6, 6.07) is 63.3. The summed E-state index contributed by atoms with van der Waals surface area (Å²) in [5.41, 5.74) is 15.1. The molecule has 7 aromatic rings. The van der Waals surface area contributed by atoms with Crippen molar-refractivity contribution in [2.24, 2.45) is 0 Å². The van der Waals surface area contributed by atoms with Gasteiger partial charge in [-0.05, 0) is 81.8 Å². The summed E-state index contributed by atoms with van der Waals surface area (Å²) in [6.07, 6.45) is 10.0. The van der Waals surface area contributed by atoms with Crippen LogP contribution in [0.15, 0.2) is 206 Å². The van der Waals surface area contributed by atoms with E-state index in [1.807, 2.05) is 0 Å². The molecule has 3 aliphatic rings. The molecule has 0 atom stereocenters. The van der Waals surface area contributed by atoms with Crippen molar-refractivity contribution in [2.45, 2.75) is 11.8 Å². The Bertz CT molecular complexity index is 2510. The summed E-state index contributed by atoms with van der Waals surface area (Å²) in [4.78, 5) is 2.46. The molecule has 0 unspecified atom stereocenters. The van der Waals surface area contributed by atoms with Crippen LogP contribution >= 0.6 is 0 Å². The zero-order valence-electron chi connectivity index (χ0n) is 28.6. The number of allylic oxidation sites excluding steroid dienone is 5. The first-order chi connectivity index (χ1) is 25.8. The number of ether oxygens (including phenoxy) is 1. The van der Waals surface area contributed by atoms with Crippen LogP contribution in [0, 0.1) is 0 Å². The molecule has 0 bridgehead atoms. The lowest BCUT2D eigenvalue weighted by Crippen LogP contribution is -2.32. The number of benzene rings is 7. The van der Waals surface area contributed by atoms with Crippen LogP contribution in [0.5, 0.6) is 11.5 Å². The molecule has 0 N–H and O–H groups in total. The van der Waals surface area contributed by atoms with Gasteiger partial charge in [0.25, 0.3) is 0 Å². The summed E-state index contributed by atoms with van der Waals surface area (Å²) in [5.74, 6) is 1.80. The first-order valence-corrected chi connectivity index (χ1v) is 18.0. The zero-order chi connectivity index (χ0) is 34.5. The highest BCUT2D eigenvalue weighted by molar-refractivity contribution is 5.97. The topological polar surface area (TPSA) is 12.5 Å². The molecule has 0 saturated heterocycles. The summed E-state index contributed by atoms with van der Waals surface area (Å²) >= 11 is 0. The molecule has 0 saturated carbocycles. The van der Waals surface area contributed by atoms with Gasteiger partial charge in [-0.15, -0.1) is 0 Å². The van der Waals surface area contributed by atoms with E-state index in [0.717, 1.165) is 35.0 Å². The van der Waals surface area contributed by atoms with E-state index in [-0.39, 0.29) is 0 Å². The molecule has 0 aromatic heterocycles. The van der Waals surface area contributed by atoms with Crippen molar-refractivity contribution in [1.29, 1.82) is 0 Å². The minimum absolute atomic E-state index is 0.536. The van der Waals surface area contributed by atoms with E-state index < -0.39 is 5.41 Å². The fourth-order valence-electron chi connectivity index (χ4n) is 8.56. The number of nitrogens with zero attached hydrogens (tertiary/aromatic N) is 1. The molecular weight excluding hydrogens is 631 g/mol. The Balaban J connectivity index is 1.21. The van der Waals surface area contributed by atoms with Crippen LogP contribution in [0.25, 0.3) is 27.8 Å². The second-order valence-electron chi connectivity index (χ2n) is 13.6. The summed E-state index contributed by atoms with van der Waals surface area (Å²) in [6.45, 7) is 0. The smallest absolute Gasteiger partial charge is 0.132 e. The molecule has 1 heterocycles. The molecule has 0 fully saturated rings. The van der Waals surface area contributed by atoms with Crippen LogP contribution in [0.3, 0.4) is 0 Å². The Morgan fingerprint density at radius 2 is 1.02 bits per heavy atom. The van der Waals surface area contributed by atoms with Gasteiger partial charge in [-0.1, -0.05) is 164 Å². The van der Waals surface area contributed by atoms with E-state index in [2.05, 4.69) is 205 Å². The van der Waals surface area contributed by atoms with E-state index in [1.165, 1.54) is 55.6 Å². The van der Waals surface area contributed by atoms with Gasteiger partial charge >= 0.3 is 0 Å². The lowest BCUT2D eigenvalue weighted by atomic mass is 9.66. The molecule has 0 radical (unpaired) electrons. The Morgan fingerprint density at radius 3 is 1.73 bits per heavy atom. The Labute approximate surface area is 304 Å². The third-order valence-corrected chi connectivity index (χ3v) is 10.8. The largest absolute Gasteiger partial charge is 0.457 e. The van der Waals surface area contributed by atoms with E-state index in [4.69, 9.17) is 4.74 Å². The minimum atomic E-state index is -0.536. The fourth-order valence-corrected chi connectivity index (χ4v) is 8.56. The second kappa shape index (κ2) is 12.3. The lowest BCUT2D eigenvalue weighted by molar-refractivity contribution is 0.436. The number of anilines is 2. The average Bonchev–Trinajstić information content (AvgIpc) is 3.31. The third kappa shape index (κ3) is 4.65. The molecule has 2 heteroatoms. The van der Waals surface area contributed by atoms with Gasteiger partial charge in [-0.3, -0.25) is 0 Å². The summed E-state index contributed by atoms with van der Waals surface area (Å²) < 4.78 is 6.61. The van der Waals surface area contributed by atoms with Crippen molar-refractivity contribution < 1.29 is 4.74 Å². The van der Waals surface area contributed by atoms with Gasteiger partial charge in [0, 0.05) is 28.1 Å². The highest BCUT2D eigenvalue weighted by atomic mass is 16.5. The molecule has 52 heavy (non-hydrogen) atoms. The molecule has 2 aliphatic carbocycles. The average molecular weight is 666 g/mol. The highest BCUT2D eigenvalue weighted by Crippen LogP contribution is 2.63. The van der Waals surface area contributed by atoms with Crippen molar-refractivity contribution in [3.05, 3.63) is 234 Å². The van der Waals surface area contributed by atoms with Crippen LogP contribution in [0.4, 0.5) is 11.4 Å². The number of hydrogen-bond acceptors (Lipinski definition) is 2. The van der Waals surface area contributed by atoms with Gasteiger partial charge in [0.05, 0.1) is 11.1 Å². The molecule has 1 aliphatic heterocycles. The number of rotatable bonds is 5. The number of para-hydroxylation sites is 2. The lowest BCUT2D eigenvalue weighted by Gasteiger charge is -2.39. The fraction of sp³-hybridized carbons (Fsp3) is 0.0400. The maximum atomic E-state index is 6.61. The van der Waals surface area contributed by atoms with E-state index in [0.29, 0.717) is 0 Å². The zero-order valence-corrected chi connectivity index (χ0v) is 28.6. The van der Waals surface area contributed by atoms with Crippen molar-refractivity contribution in [1.82, 2.24) is 0 Å².